The lowest BCUT2D eigenvalue weighted by Crippen LogP contribution is -2.50. The lowest BCUT2D eigenvalue weighted by molar-refractivity contribution is 0.0240. The van der Waals surface area contributed by atoms with Gasteiger partial charge in [-0.25, -0.2) is 14.2 Å². The monoisotopic (exact) mass is 468 g/mol. The van der Waals surface area contributed by atoms with Crippen molar-refractivity contribution in [3.8, 4) is 5.75 Å². The molecular weight excluding hydrogens is 435 g/mol. The van der Waals surface area contributed by atoms with E-state index in [0.717, 1.165) is 22.6 Å². The Bertz CT molecular complexity index is 1210. The van der Waals surface area contributed by atoms with Crippen LogP contribution in [0.4, 0.5) is 15.1 Å². The first-order valence-corrected chi connectivity index (χ1v) is 11.6. The number of aryl methyl sites for hydroxylation is 3. The molecule has 0 unspecified atom stereocenters. The number of hydrogen-bond donors (Lipinski definition) is 1. The first kappa shape index (κ1) is 23.9. The van der Waals surface area contributed by atoms with Gasteiger partial charge in [0.2, 0.25) is 5.95 Å². The fourth-order valence-corrected chi connectivity index (χ4v) is 4.45. The number of piperazine rings is 1. The number of ether oxygens (including phenoxy) is 1. The SMILES string of the molecule is Cc1cc(O)c2nc(N3CCN(C(=O)OC(C)(C)C)CC3)n(Cc3cc(C)c(F)c(C)c3)c2c1. The fourth-order valence-electron chi connectivity index (χ4n) is 4.45. The third kappa shape index (κ3) is 4.81. The minimum absolute atomic E-state index is 0.133. The summed E-state index contributed by atoms with van der Waals surface area (Å²) < 4.78 is 21.8. The van der Waals surface area contributed by atoms with Gasteiger partial charge in [-0.15, -0.1) is 0 Å². The number of benzene rings is 2. The van der Waals surface area contributed by atoms with Crippen LogP contribution >= 0.6 is 0 Å². The van der Waals surface area contributed by atoms with Gasteiger partial charge >= 0.3 is 6.09 Å². The van der Waals surface area contributed by atoms with Gasteiger partial charge in [0.25, 0.3) is 0 Å². The molecule has 0 aliphatic carbocycles. The van der Waals surface area contributed by atoms with Crippen LogP contribution < -0.4 is 4.90 Å². The van der Waals surface area contributed by atoms with Crippen LogP contribution in [0.5, 0.6) is 5.75 Å². The number of nitrogens with zero attached hydrogens (tertiary/aromatic N) is 4. The highest BCUT2D eigenvalue weighted by molar-refractivity contribution is 5.85. The molecule has 4 rings (SSSR count). The molecule has 0 bridgehead atoms. The van der Waals surface area contributed by atoms with Crippen LogP contribution in [0.3, 0.4) is 0 Å². The summed E-state index contributed by atoms with van der Waals surface area (Å²) in [4.78, 5) is 21.1. The normalized spacial score (nSPS) is 14.7. The van der Waals surface area contributed by atoms with Crippen molar-refractivity contribution in [3.63, 3.8) is 0 Å². The molecule has 2 heterocycles. The number of aromatic hydroxyl groups is 1. The van der Waals surface area contributed by atoms with Gasteiger partial charge in [-0.1, -0.05) is 12.1 Å². The average molecular weight is 469 g/mol. The third-order valence-corrected chi connectivity index (χ3v) is 6.01. The van der Waals surface area contributed by atoms with Crippen LogP contribution in [-0.4, -0.2) is 57.4 Å². The molecular formula is C26H33FN4O3. The van der Waals surface area contributed by atoms with E-state index in [0.29, 0.717) is 49.4 Å². The van der Waals surface area contributed by atoms with Gasteiger partial charge < -0.3 is 24.2 Å². The largest absolute Gasteiger partial charge is 0.506 e. The second-order valence-corrected chi connectivity index (χ2v) is 10.1. The molecule has 1 aliphatic heterocycles. The Labute approximate surface area is 199 Å². The lowest BCUT2D eigenvalue weighted by Gasteiger charge is -2.36. The van der Waals surface area contributed by atoms with Gasteiger partial charge in [0, 0.05) is 26.2 Å². The zero-order chi connectivity index (χ0) is 24.8. The second kappa shape index (κ2) is 8.81. The van der Waals surface area contributed by atoms with Crippen molar-refractivity contribution in [2.45, 2.75) is 53.7 Å². The number of phenolic OH excluding ortho intramolecular Hbond substituents is 1. The topological polar surface area (TPSA) is 70.8 Å². The molecule has 1 aromatic heterocycles. The van der Waals surface area contributed by atoms with Crippen LogP contribution in [-0.2, 0) is 11.3 Å². The molecule has 8 heteroatoms. The summed E-state index contributed by atoms with van der Waals surface area (Å²) in [6.45, 7) is 13.7. The van der Waals surface area contributed by atoms with Crippen LogP contribution in [0.15, 0.2) is 24.3 Å². The number of carbonyl (C=O) groups is 1. The first-order valence-electron chi connectivity index (χ1n) is 11.6. The smallest absolute Gasteiger partial charge is 0.410 e. The van der Waals surface area contributed by atoms with Crippen molar-refractivity contribution in [2.75, 3.05) is 31.1 Å². The molecule has 34 heavy (non-hydrogen) atoms. The Balaban J connectivity index is 1.67. The molecule has 0 spiro atoms. The van der Waals surface area contributed by atoms with E-state index in [1.165, 1.54) is 0 Å². The summed E-state index contributed by atoms with van der Waals surface area (Å²) in [5.74, 6) is 0.666. The second-order valence-electron chi connectivity index (χ2n) is 10.1. The number of amides is 1. The van der Waals surface area contributed by atoms with E-state index < -0.39 is 5.60 Å². The molecule has 0 atom stereocenters. The standard InChI is InChI=1S/C26H33FN4O3/c1-16-11-20-23(21(32)12-16)28-24(31(20)15-19-13-17(2)22(27)18(3)14-19)29-7-9-30(10-8-29)25(33)34-26(4,5)6/h11-14,32H,7-10,15H2,1-6H3. The highest BCUT2D eigenvalue weighted by atomic mass is 19.1. The molecule has 7 nitrogen and oxygen atoms in total. The molecule has 1 fully saturated rings. The number of phenols is 1. The van der Waals surface area contributed by atoms with E-state index in [4.69, 9.17) is 9.72 Å². The van der Waals surface area contributed by atoms with Crippen LogP contribution in [0.25, 0.3) is 11.0 Å². The van der Waals surface area contributed by atoms with Gasteiger partial charge in [0.05, 0.1) is 12.1 Å². The van der Waals surface area contributed by atoms with Gasteiger partial charge in [0.15, 0.2) is 0 Å². The van der Waals surface area contributed by atoms with Crippen molar-refractivity contribution in [3.05, 3.63) is 52.3 Å². The van der Waals surface area contributed by atoms with E-state index in [1.54, 1.807) is 24.8 Å². The van der Waals surface area contributed by atoms with Gasteiger partial charge in [-0.05, 0) is 75.9 Å². The maximum atomic E-state index is 14.2. The summed E-state index contributed by atoms with van der Waals surface area (Å²) in [6.07, 6.45) is -0.314. The molecule has 0 radical (unpaired) electrons. The molecule has 0 saturated carbocycles. The number of halogens is 1. The van der Waals surface area contributed by atoms with Crippen LogP contribution in [0, 0.1) is 26.6 Å². The Hall–Kier alpha value is -3.29. The Morgan fingerprint density at radius 2 is 1.68 bits per heavy atom. The number of rotatable bonds is 3. The molecule has 3 aromatic rings. The summed E-state index contributed by atoms with van der Waals surface area (Å²) in [5, 5.41) is 10.6. The van der Waals surface area contributed by atoms with E-state index in [-0.39, 0.29) is 17.7 Å². The number of aromatic nitrogens is 2. The number of carbonyl (C=O) groups excluding carboxylic acids is 1. The van der Waals surface area contributed by atoms with Crippen LogP contribution in [0.2, 0.25) is 0 Å². The Morgan fingerprint density at radius 1 is 1.06 bits per heavy atom. The fraction of sp³-hybridized carbons (Fsp3) is 0.462. The Kier molecular flexibility index (Phi) is 6.18. The highest BCUT2D eigenvalue weighted by Crippen LogP contribution is 2.32. The minimum atomic E-state index is -0.539. The van der Waals surface area contributed by atoms with E-state index in [2.05, 4.69) is 9.47 Å². The third-order valence-electron chi connectivity index (χ3n) is 6.01. The Morgan fingerprint density at radius 3 is 2.26 bits per heavy atom. The lowest BCUT2D eigenvalue weighted by atomic mass is 10.1. The molecule has 1 N–H and O–H groups in total. The van der Waals surface area contributed by atoms with Crippen molar-refractivity contribution in [1.29, 1.82) is 0 Å². The minimum Gasteiger partial charge on any atom is -0.506 e. The number of hydrogen-bond acceptors (Lipinski definition) is 5. The van der Waals surface area contributed by atoms with Crippen molar-refractivity contribution < 1.29 is 19.0 Å². The number of imidazole rings is 1. The van der Waals surface area contributed by atoms with Crippen molar-refractivity contribution in [2.24, 2.45) is 0 Å². The molecule has 2 aromatic carbocycles. The molecule has 1 saturated heterocycles. The average Bonchev–Trinajstić information content (AvgIpc) is 3.09. The van der Waals surface area contributed by atoms with E-state index >= 15 is 0 Å². The van der Waals surface area contributed by atoms with Gasteiger partial charge in [-0.2, -0.15) is 0 Å². The summed E-state index contributed by atoms with van der Waals surface area (Å²) in [6, 6.07) is 7.42. The van der Waals surface area contributed by atoms with E-state index in [9.17, 15) is 14.3 Å². The van der Waals surface area contributed by atoms with Gasteiger partial charge in [0.1, 0.15) is 22.7 Å². The predicted octanol–water partition coefficient (Wildman–Crippen LogP) is 4.91. The number of fused-ring (bicyclic) bond motifs is 1. The number of anilines is 1. The summed E-state index contributed by atoms with van der Waals surface area (Å²) in [7, 11) is 0. The zero-order valence-electron chi connectivity index (χ0n) is 20.8. The predicted molar refractivity (Wildman–Crippen MR) is 131 cm³/mol. The maximum Gasteiger partial charge on any atom is 0.410 e. The summed E-state index contributed by atoms with van der Waals surface area (Å²) in [5.41, 5.74) is 3.91. The summed E-state index contributed by atoms with van der Waals surface area (Å²) >= 11 is 0. The van der Waals surface area contributed by atoms with Crippen molar-refractivity contribution in [1.82, 2.24) is 14.5 Å². The highest BCUT2D eigenvalue weighted by Gasteiger charge is 2.28. The van der Waals surface area contributed by atoms with Crippen LogP contribution in [0.1, 0.15) is 43.0 Å². The molecule has 1 aliphatic rings. The molecule has 182 valence electrons. The van der Waals surface area contributed by atoms with Crippen molar-refractivity contribution >= 4 is 23.1 Å². The first-order chi connectivity index (χ1) is 15.9. The quantitative estimate of drug-likeness (QED) is 0.591. The van der Waals surface area contributed by atoms with E-state index in [1.807, 2.05) is 45.9 Å². The zero-order valence-corrected chi connectivity index (χ0v) is 20.8. The van der Waals surface area contributed by atoms with Gasteiger partial charge in [-0.3, -0.25) is 0 Å². The maximum absolute atomic E-state index is 14.2. The molecule has 1 amide bonds.